The summed E-state index contributed by atoms with van der Waals surface area (Å²) in [4.78, 5) is 32.8. The van der Waals surface area contributed by atoms with Crippen LogP contribution in [0.2, 0.25) is 0 Å². The molecule has 1 aromatic carbocycles. The van der Waals surface area contributed by atoms with Gasteiger partial charge in [-0.1, -0.05) is 12.1 Å². The molecule has 2 N–H and O–H groups in total. The molecule has 142 valence electrons. The standard InChI is InChI=1S/C19H22FN5O2/c1-24-8-10-25(11-9-24)17-7-6-14(12-21-17)23-18(26)13-22-19(27)15-4-2-3-5-16(15)20/h2-7,12H,8-11,13H2,1H3,(H,22,27)(H,23,26). The SMILES string of the molecule is CN1CCN(c2ccc(NC(=O)CNC(=O)c3ccccc3F)cn2)CC1. The molecule has 27 heavy (non-hydrogen) atoms. The van der Waals surface area contributed by atoms with Crippen molar-refractivity contribution in [3.63, 3.8) is 0 Å². The Morgan fingerprint density at radius 3 is 2.52 bits per heavy atom. The third kappa shape index (κ3) is 5.01. The number of aromatic nitrogens is 1. The molecule has 8 heteroatoms. The number of pyridine rings is 1. The molecule has 1 aromatic heterocycles. The summed E-state index contributed by atoms with van der Waals surface area (Å²) in [5, 5.41) is 5.07. The van der Waals surface area contributed by atoms with Gasteiger partial charge < -0.3 is 20.4 Å². The summed E-state index contributed by atoms with van der Waals surface area (Å²) >= 11 is 0. The number of amides is 2. The van der Waals surface area contributed by atoms with Gasteiger partial charge >= 0.3 is 0 Å². The topological polar surface area (TPSA) is 77.6 Å². The van der Waals surface area contributed by atoms with Crippen molar-refractivity contribution in [3.05, 3.63) is 54.0 Å². The lowest BCUT2D eigenvalue weighted by molar-refractivity contribution is -0.115. The summed E-state index contributed by atoms with van der Waals surface area (Å²) in [6.07, 6.45) is 1.59. The molecule has 2 heterocycles. The number of rotatable bonds is 5. The van der Waals surface area contributed by atoms with Crippen LogP contribution < -0.4 is 15.5 Å². The van der Waals surface area contributed by atoms with E-state index in [0.717, 1.165) is 32.0 Å². The van der Waals surface area contributed by atoms with Gasteiger partial charge in [0.15, 0.2) is 0 Å². The van der Waals surface area contributed by atoms with Crippen LogP contribution in [-0.4, -0.2) is 61.5 Å². The number of carbonyl (C=O) groups excluding carboxylic acids is 2. The van der Waals surface area contributed by atoms with Gasteiger partial charge in [0.05, 0.1) is 24.0 Å². The fourth-order valence-corrected chi connectivity index (χ4v) is 2.79. The van der Waals surface area contributed by atoms with Crippen LogP contribution in [-0.2, 0) is 4.79 Å². The van der Waals surface area contributed by atoms with Gasteiger partial charge in [-0.2, -0.15) is 0 Å². The maximum Gasteiger partial charge on any atom is 0.254 e. The van der Waals surface area contributed by atoms with Gasteiger partial charge in [-0.05, 0) is 31.3 Å². The van der Waals surface area contributed by atoms with Crippen LogP contribution in [0.1, 0.15) is 10.4 Å². The second-order valence-electron chi connectivity index (χ2n) is 6.41. The van der Waals surface area contributed by atoms with Crippen LogP contribution in [0, 0.1) is 5.82 Å². The number of halogens is 1. The lowest BCUT2D eigenvalue weighted by Gasteiger charge is -2.33. The fourth-order valence-electron chi connectivity index (χ4n) is 2.79. The largest absolute Gasteiger partial charge is 0.354 e. The van der Waals surface area contributed by atoms with Gasteiger partial charge in [-0.3, -0.25) is 9.59 Å². The number of nitrogens with zero attached hydrogens (tertiary/aromatic N) is 3. The number of anilines is 2. The summed E-state index contributed by atoms with van der Waals surface area (Å²) in [6.45, 7) is 3.55. The molecule has 1 aliphatic rings. The number of benzene rings is 1. The highest BCUT2D eigenvalue weighted by atomic mass is 19.1. The van der Waals surface area contributed by atoms with Crippen molar-refractivity contribution in [2.24, 2.45) is 0 Å². The van der Waals surface area contributed by atoms with Crippen molar-refractivity contribution in [3.8, 4) is 0 Å². The summed E-state index contributed by atoms with van der Waals surface area (Å²) in [5.74, 6) is -0.798. The highest BCUT2D eigenvalue weighted by Gasteiger charge is 2.15. The van der Waals surface area contributed by atoms with Crippen molar-refractivity contribution in [2.45, 2.75) is 0 Å². The van der Waals surface area contributed by atoms with E-state index in [9.17, 15) is 14.0 Å². The van der Waals surface area contributed by atoms with Crippen LogP contribution in [0.5, 0.6) is 0 Å². The van der Waals surface area contributed by atoms with Crippen LogP contribution in [0.4, 0.5) is 15.9 Å². The first-order valence-electron chi connectivity index (χ1n) is 8.75. The van der Waals surface area contributed by atoms with Gasteiger partial charge in [-0.15, -0.1) is 0 Å². The zero-order valence-corrected chi connectivity index (χ0v) is 15.1. The van der Waals surface area contributed by atoms with Gasteiger partial charge in [0.2, 0.25) is 5.91 Å². The molecule has 0 radical (unpaired) electrons. The third-order valence-corrected chi connectivity index (χ3v) is 4.39. The zero-order valence-electron chi connectivity index (χ0n) is 15.1. The molecule has 7 nitrogen and oxygen atoms in total. The van der Waals surface area contributed by atoms with E-state index in [1.165, 1.54) is 18.2 Å². The number of piperazine rings is 1. The highest BCUT2D eigenvalue weighted by Crippen LogP contribution is 2.15. The van der Waals surface area contributed by atoms with Crippen LogP contribution >= 0.6 is 0 Å². The molecule has 0 spiro atoms. The number of hydrogen-bond donors (Lipinski definition) is 2. The molecule has 1 aliphatic heterocycles. The van der Waals surface area contributed by atoms with Crippen molar-refractivity contribution in [1.82, 2.24) is 15.2 Å². The first-order chi connectivity index (χ1) is 13.0. The Morgan fingerprint density at radius 1 is 1.11 bits per heavy atom. The smallest absolute Gasteiger partial charge is 0.254 e. The number of likely N-dealkylation sites (N-methyl/N-ethyl adjacent to an activating group) is 1. The molecule has 0 saturated carbocycles. The van der Waals surface area contributed by atoms with E-state index in [1.54, 1.807) is 18.3 Å². The predicted molar refractivity (Wildman–Crippen MR) is 101 cm³/mol. The molecule has 0 atom stereocenters. The molecule has 0 aliphatic carbocycles. The molecule has 0 bridgehead atoms. The number of hydrogen-bond acceptors (Lipinski definition) is 5. The molecule has 2 amide bonds. The fraction of sp³-hybridized carbons (Fsp3) is 0.316. The summed E-state index contributed by atoms with van der Waals surface area (Å²) < 4.78 is 13.5. The van der Waals surface area contributed by atoms with Crippen molar-refractivity contribution in [2.75, 3.05) is 50.0 Å². The van der Waals surface area contributed by atoms with E-state index in [2.05, 4.69) is 32.5 Å². The van der Waals surface area contributed by atoms with E-state index >= 15 is 0 Å². The van der Waals surface area contributed by atoms with E-state index in [-0.39, 0.29) is 12.1 Å². The Hall–Kier alpha value is -3.00. The first kappa shape index (κ1) is 18.8. The van der Waals surface area contributed by atoms with Gasteiger partial charge in [0.25, 0.3) is 5.91 Å². The minimum Gasteiger partial charge on any atom is -0.354 e. The van der Waals surface area contributed by atoms with Crippen LogP contribution in [0.3, 0.4) is 0 Å². The van der Waals surface area contributed by atoms with Crippen molar-refractivity contribution >= 4 is 23.3 Å². The maximum atomic E-state index is 13.5. The normalized spacial score (nSPS) is 14.7. The van der Waals surface area contributed by atoms with Crippen LogP contribution in [0.25, 0.3) is 0 Å². The minimum atomic E-state index is -0.633. The molecular weight excluding hydrogens is 349 g/mol. The number of carbonyl (C=O) groups is 2. The predicted octanol–water partition coefficient (Wildman–Crippen LogP) is 1.34. The summed E-state index contributed by atoms with van der Waals surface area (Å²) in [6, 6.07) is 9.26. The van der Waals surface area contributed by atoms with Crippen molar-refractivity contribution < 1.29 is 14.0 Å². The van der Waals surface area contributed by atoms with E-state index < -0.39 is 17.6 Å². The Kier molecular flexibility index (Phi) is 5.97. The molecule has 1 saturated heterocycles. The average Bonchev–Trinajstić information content (AvgIpc) is 2.68. The minimum absolute atomic E-state index is 0.0940. The second kappa shape index (κ2) is 8.59. The Balaban J connectivity index is 1.49. The molecule has 0 unspecified atom stereocenters. The van der Waals surface area contributed by atoms with E-state index in [0.29, 0.717) is 5.69 Å². The Bertz CT molecular complexity index is 804. The van der Waals surface area contributed by atoms with E-state index in [1.807, 2.05) is 6.07 Å². The molecule has 1 fully saturated rings. The summed E-state index contributed by atoms with van der Waals surface area (Å²) in [7, 11) is 2.09. The van der Waals surface area contributed by atoms with E-state index in [4.69, 9.17) is 0 Å². The Labute approximate surface area is 157 Å². The maximum absolute atomic E-state index is 13.5. The van der Waals surface area contributed by atoms with Gasteiger partial charge in [-0.25, -0.2) is 9.37 Å². The van der Waals surface area contributed by atoms with Gasteiger partial charge in [0.1, 0.15) is 11.6 Å². The van der Waals surface area contributed by atoms with Crippen molar-refractivity contribution in [1.29, 1.82) is 0 Å². The van der Waals surface area contributed by atoms with Crippen LogP contribution in [0.15, 0.2) is 42.6 Å². The molecule has 3 rings (SSSR count). The zero-order chi connectivity index (χ0) is 19.2. The lowest BCUT2D eigenvalue weighted by Crippen LogP contribution is -2.44. The number of nitrogens with one attached hydrogen (secondary N) is 2. The quantitative estimate of drug-likeness (QED) is 0.830. The van der Waals surface area contributed by atoms with Gasteiger partial charge in [0, 0.05) is 26.2 Å². The first-order valence-corrected chi connectivity index (χ1v) is 8.75. The Morgan fingerprint density at radius 2 is 1.85 bits per heavy atom. The molecular formula is C19H22FN5O2. The second-order valence-corrected chi connectivity index (χ2v) is 6.41. The highest BCUT2D eigenvalue weighted by molar-refractivity contribution is 5.99. The monoisotopic (exact) mass is 371 g/mol. The third-order valence-electron chi connectivity index (χ3n) is 4.39. The average molecular weight is 371 g/mol. The lowest BCUT2D eigenvalue weighted by atomic mass is 10.2. The molecule has 2 aromatic rings. The summed E-state index contributed by atoms with van der Waals surface area (Å²) in [5.41, 5.74) is 0.446.